The van der Waals surface area contributed by atoms with Crippen molar-refractivity contribution in [3.63, 3.8) is 0 Å². The first kappa shape index (κ1) is 14.6. The average Bonchev–Trinajstić information content (AvgIpc) is 2.43. The number of carbonyl (C=O) groups excluding carboxylic acids is 1. The van der Waals surface area contributed by atoms with E-state index in [0.29, 0.717) is 5.56 Å². The molecular formula is C14H23N3O. The number of pyridine rings is 1. The minimum absolute atomic E-state index is 0.0362. The third-order valence-corrected chi connectivity index (χ3v) is 3.00. The van der Waals surface area contributed by atoms with Gasteiger partial charge in [0.1, 0.15) is 0 Å². The van der Waals surface area contributed by atoms with Crippen LogP contribution in [0, 0.1) is 0 Å². The minimum atomic E-state index is -0.0362. The highest BCUT2D eigenvalue weighted by Crippen LogP contribution is 1.97. The van der Waals surface area contributed by atoms with Gasteiger partial charge in [0.15, 0.2) is 0 Å². The Kier molecular flexibility index (Phi) is 7.03. The molecule has 0 aliphatic carbocycles. The van der Waals surface area contributed by atoms with Crippen molar-refractivity contribution in [1.29, 1.82) is 0 Å². The Morgan fingerprint density at radius 1 is 1.33 bits per heavy atom. The predicted molar refractivity (Wildman–Crippen MR) is 73.6 cm³/mol. The molecule has 0 atom stereocenters. The molecule has 0 spiro atoms. The van der Waals surface area contributed by atoms with Crippen molar-refractivity contribution >= 4 is 5.91 Å². The number of hydrogen-bond donors (Lipinski definition) is 1. The first-order valence-corrected chi connectivity index (χ1v) is 6.68. The van der Waals surface area contributed by atoms with Crippen LogP contribution in [0.15, 0.2) is 24.5 Å². The summed E-state index contributed by atoms with van der Waals surface area (Å²) in [6.45, 7) is 8.38. The van der Waals surface area contributed by atoms with E-state index < -0.39 is 0 Å². The number of carbonyl (C=O) groups is 1. The number of amides is 1. The molecular weight excluding hydrogens is 226 g/mol. The smallest absolute Gasteiger partial charge is 0.252 e. The molecule has 1 amide bonds. The highest BCUT2D eigenvalue weighted by Gasteiger charge is 2.03. The van der Waals surface area contributed by atoms with Crippen molar-refractivity contribution in [3.8, 4) is 0 Å². The van der Waals surface area contributed by atoms with E-state index >= 15 is 0 Å². The summed E-state index contributed by atoms with van der Waals surface area (Å²) in [5, 5.41) is 2.91. The van der Waals surface area contributed by atoms with Gasteiger partial charge in [-0.1, -0.05) is 13.8 Å². The van der Waals surface area contributed by atoms with E-state index in [0.717, 1.165) is 39.0 Å². The quantitative estimate of drug-likeness (QED) is 0.716. The fourth-order valence-electron chi connectivity index (χ4n) is 1.80. The molecule has 1 aromatic heterocycles. The van der Waals surface area contributed by atoms with Crippen molar-refractivity contribution in [1.82, 2.24) is 15.2 Å². The van der Waals surface area contributed by atoms with Crippen molar-refractivity contribution < 1.29 is 4.79 Å². The predicted octanol–water partition coefficient (Wildman–Crippen LogP) is 1.93. The van der Waals surface area contributed by atoms with E-state index in [2.05, 4.69) is 29.0 Å². The number of rotatable bonds is 8. The summed E-state index contributed by atoms with van der Waals surface area (Å²) >= 11 is 0. The van der Waals surface area contributed by atoms with Crippen molar-refractivity contribution in [2.24, 2.45) is 0 Å². The molecule has 4 nitrogen and oxygen atoms in total. The van der Waals surface area contributed by atoms with E-state index in [4.69, 9.17) is 0 Å². The molecule has 0 saturated carbocycles. The lowest BCUT2D eigenvalue weighted by atomic mass is 10.2. The molecule has 0 aliphatic heterocycles. The number of aromatic nitrogens is 1. The highest BCUT2D eigenvalue weighted by atomic mass is 16.1. The van der Waals surface area contributed by atoms with Crippen LogP contribution in [0.25, 0.3) is 0 Å². The second-order valence-electron chi connectivity index (χ2n) is 4.23. The zero-order chi connectivity index (χ0) is 13.2. The molecule has 0 saturated heterocycles. The van der Waals surface area contributed by atoms with Gasteiger partial charge >= 0.3 is 0 Å². The van der Waals surface area contributed by atoms with E-state index in [1.165, 1.54) is 0 Å². The maximum atomic E-state index is 11.7. The summed E-state index contributed by atoms with van der Waals surface area (Å²) in [5.74, 6) is -0.0362. The summed E-state index contributed by atoms with van der Waals surface area (Å²) < 4.78 is 0. The van der Waals surface area contributed by atoms with E-state index in [-0.39, 0.29) is 5.91 Å². The first-order valence-electron chi connectivity index (χ1n) is 6.68. The Labute approximate surface area is 109 Å². The Balaban J connectivity index is 2.13. The van der Waals surface area contributed by atoms with Gasteiger partial charge in [-0.25, -0.2) is 0 Å². The second kappa shape index (κ2) is 8.64. The topological polar surface area (TPSA) is 45.2 Å². The number of unbranched alkanes of at least 4 members (excludes halogenated alkanes) is 1. The fourth-order valence-corrected chi connectivity index (χ4v) is 1.80. The van der Waals surface area contributed by atoms with Crippen LogP contribution in [0.5, 0.6) is 0 Å². The molecule has 0 bridgehead atoms. The summed E-state index contributed by atoms with van der Waals surface area (Å²) in [4.78, 5) is 18.0. The van der Waals surface area contributed by atoms with Gasteiger partial charge in [-0.15, -0.1) is 0 Å². The van der Waals surface area contributed by atoms with Gasteiger partial charge in [0.05, 0.1) is 5.56 Å². The lowest BCUT2D eigenvalue weighted by Crippen LogP contribution is -2.27. The monoisotopic (exact) mass is 249 g/mol. The molecule has 1 N–H and O–H groups in total. The molecule has 4 heteroatoms. The Morgan fingerprint density at radius 3 is 2.72 bits per heavy atom. The zero-order valence-corrected chi connectivity index (χ0v) is 11.4. The van der Waals surface area contributed by atoms with Crippen LogP contribution >= 0.6 is 0 Å². The van der Waals surface area contributed by atoms with Crippen LogP contribution in [0.2, 0.25) is 0 Å². The maximum absolute atomic E-state index is 11.7. The molecule has 0 fully saturated rings. The van der Waals surface area contributed by atoms with Gasteiger partial charge in [0.25, 0.3) is 5.91 Å². The van der Waals surface area contributed by atoms with Gasteiger partial charge in [-0.3, -0.25) is 9.78 Å². The van der Waals surface area contributed by atoms with Crippen molar-refractivity contribution in [2.45, 2.75) is 26.7 Å². The lowest BCUT2D eigenvalue weighted by molar-refractivity contribution is 0.0952. The molecule has 0 aromatic carbocycles. The van der Waals surface area contributed by atoms with Crippen LogP contribution in [-0.2, 0) is 0 Å². The number of hydrogen-bond acceptors (Lipinski definition) is 3. The van der Waals surface area contributed by atoms with E-state index in [9.17, 15) is 4.79 Å². The van der Waals surface area contributed by atoms with Gasteiger partial charge in [0.2, 0.25) is 0 Å². The van der Waals surface area contributed by atoms with E-state index in [1.54, 1.807) is 24.5 Å². The van der Waals surface area contributed by atoms with Gasteiger partial charge in [0, 0.05) is 18.9 Å². The third-order valence-electron chi connectivity index (χ3n) is 3.00. The van der Waals surface area contributed by atoms with Crippen LogP contribution in [0.1, 0.15) is 37.0 Å². The molecule has 1 heterocycles. The standard InChI is InChI=1S/C14H23N3O/c1-3-17(4-2)11-6-5-10-16-14(18)13-8-7-9-15-12-13/h7-9,12H,3-6,10-11H2,1-2H3,(H,16,18). The Bertz CT molecular complexity index is 336. The summed E-state index contributed by atoms with van der Waals surface area (Å²) in [6, 6.07) is 3.55. The second-order valence-corrected chi connectivity index (χ2v) is 4.23. The molecule has 1 aromatic rings. The first-order chi connectivity index (χ1) is 8.77. The SMILES string of the molecule is CCN(CC)CCCCNC(=O)c1cccnc1. The number of nitrogens with one attached hydrogen (secondary N) is 1. The largest absolute Gasteiger partial charge is 0.352 e. The molecule has 100 valence electrons. The van der Waals surface area contributed by atoms with Crippen molar-refractivity contribution in [3.05, 3.63) is 30.1 Å². The van der Waals surface area contributed by atoms with Gasteiger partial charge in [-0.2, -0.15) is 0 Å². The molecule has 1 rings (SSSR count). The molecule has 0 radical (unpaired) electrons. The number of nitrogens with zero attached hydrogens (tertiary/aromatic N) is 2. The van der Waals surface area contributed by atoms with Crippen LogP contribution in [-0.4, -0.2) is 42.0 Å². The van der Waals surface area contributed by atoms with Gasteiger partial charge in [-0.05, 0) is 44.6 Å². The summed E-state index contributed by atoms with van der Waals surface area (Å²) in [7, 11) is 0. The highest BCUT2D eigenvalue weighted by molar-refractivity contribution is 5.93. The van der Waals surface area contributed by atoms with E-state index in [1.807, 2.05) is 0 Å². The van der Waals surface area contributed by atoms with Crippen molar-refractivity contribution in [2.75, 3.05) is 26.2 Å². The van der Waals surface area contributed by atoms with Crippen LogP contribution < -0.4 is 5.32 Å². The molecule has 18 heavy (non-hydrogen) atoms. The van der Waals surface area contributed by atoms with Crippen LogP contribution in [0.3, 0.4) is 0 Å². The lowest BCUT2D eigenvalue weighted by Gasteiger charge is -2.17. The Morgan fingerprint density at radius 2 is 2.11 bits per heavy atom. The van der Waals surface area contributed by atoms with Gasteiger partial charge < -0.3 is 10.2 Å². The fraction of sp³-hybridized carbons (Fsp3) is 0.571. The zero-order valence-electron chi connectivity index (χ0n) is 11.4. The maximum Gasteiger partial charge on any atom is 0.252 e. The molecule has 0 unspecified atom stereocenters. The average molecular weight is 249 g/mol. The normalized spacial score (nSPS) is 10.6. The summed E-state index contributed by atoms with van der Waals surface area (Å²) in [5.41, 5.74) is 0.626. The van der Waals surface area contributed by atoms with Crippen LogP contribution in [0.4, 0.5) is 0 Å². The summed E-state index contributed by atoms with van der Waals surface area (Å²) in [6.07, 6.45) is 5.39. The minimum Gasteiger partial charge on any atom is -0.352 e. The Hall–Kier alpha value is -1.42. The molecule has 0 aliphatic rings. The third kappa shape index (κ3) is 5.27.